The lowest BCUT2D eigenvalue weighted by Gasteiger charge is -2.30. The Morgan fingerprint density at radius 1 is 1.13 bits per heavy atom. The van der Waals surface area contributed by atoms with E-state index in [1.54, 1.807) is 24.4 Å². The molecular weight excluding hydrogens is 502 g/mol. The number of methoxy groups -OCH3 is 1. The van der Waals surface area contributed by atoms with Crippen molar-refractivity contribution < 1.29 is 23.1 Å². The van der Waals surface area contributed by atoms with Gasteiger partial charge in [-0.3, -0.25) is 4.79 Å². The number of fused-ring (bicyclic) bond motifs is 3. The number of aromatic nitrogens is 2. The Bertz CT molecular complexity index is 1480. The Balaban J connectivity index is 1.30. The third-order valence-corrected chi connectivity index (χ3v) is 8.52. The van der Waals surface area contributed by atoms with Crippen molar-refractivity contribution in [2.24, 2.45) is 11.3 Å². The van der Waals surface area contributed by atoms with Gasteiger partial charge in [0, 0.05) is 23.2 Å². The topological polar surface area (TPSA) is 87.3 Å². The second-order valence-corrected chi connectivity index (χ2v) is 11.6. The Morgan fingerprint density at radius 3 is 2.49 bits per heavy atom. The van der Waals surface area contributed by atoms with Gasteiger partial charge in [-0.05, 0) is 60.8 Å². The van der Waals surface area contributed by atoms with Crippen molar-refractivity contribution in [3.05, 3.63) is 65.1 Å². The van der Waals surface area contributed by atoms with Crippen LogP contribution in [0, 0.1) is 18.3 Å². The number of halogens is 2. The number of carbonyl (C=O) groups excluding carboxylic acids is 2. The lowest BCUT2D eigenvalue weighted by Crippen LogP contribution is -2.51. The van der Waals surface area contributed by atoms with E-state index in [-0.39, 0.29) is 34.4 Å². The summed E-state index contributed by atoms with van der Waals surface area (Å²) in [6, 6.07) is 9.26. The van der Waals surface area contributed by atoms with Gasteiger partial charge >= 0.3 is 6.09 Å². The Labute approximate surface area is 226 Å². The molecule has 7 nitrogen and oxygen atoms in total. The van der Waals surface area contributed by atoms with Crippen LogP contribution in [-0.2, 0) is 15.5 Å². The first-order valence-electron chi connectivity index (χ1n) is 13.4. The number of aryl methyl sites for hydroxylation is 1. The van der Waals surface area contributed by atoms with Crippen molar-refractivity contribution in [3.8, 4) is 22.4 Å². The van der Waals surface area contributed by atoms with Gasteiger partial charge in [0.15, 0.2) is 0 Å². The van der Waals surface area contributed by atoms with E-state index in [4.69, 9.17) is 4.74 Å². The highest BCUT2D eigenvalue weighted by Gasteiger charge is 2.55. The number of nitrogens with zero attached hydrogens (tertiary/aromatic N) is 2. The molecule has 9 heteroatoms. The normalized spacial score (nSPS) is 20.6. The number of rotatable bonds is 5. The van der Waals surface area contributed by atoms with Crippen LogP contribution in [0.1, 0.15) is 61.7 Å². The molecule has 6 rings (SSSR count). The first-order chi connectivity index (χ1) is 18.5. The van der Waals surface area contributed by atoms with Gasteiger partial charge in [-0.1, -0.05) is 43.7 Å². The number of imidazole rings is 1. The van der Waals surface area contributed by atoms with Crippen molar-refractivity contribution in [2.45, 2.75) is 58.0 Å². The summed E-state index contributed by atoms with van der Waals surface area (Å²) in [4.78, 5) is 35.4. The monoisotopic (exact) mass is 534 g/mol. The molecule has 39 heavy (non-hydrogen) atoms. The van der Waals surface area contributed by atoms with Gasteiger partial charge in [-0.2, -0.15) is 8.78 Å². The molecule has 2 fully saturated rings. The second-order valence-electron chi connectivity index (χ2n) is 11.6. The van der Waals surface area contributed by atoms with Crippen LogP contribution >= 0.6 is 0 Å². The van der Waals surface area contributed by atoms with E-state index >= 15 is 8.78 Å². The number of nitrogens with one attached hydrogen (secondary N) is 2. The molecule has 1 aromatic heterocycles. The molecule has 0 unspecified atom stereocenters. The second kappa shape index (κ2) is 8.89. The number of amides is 2. The number of hydrogen-bond acceptors (Lipinski definition) is 4. The maximum absolute atomic E-state index is 15.4. The maximum atomic E-state index is 15.4. The van der Waals surface area contributed by atoms with Crippen LogP contribution < -0.4 is 5.32 Å². The molecule has 2 N–H and O–H groups in total. The molecule has 1 aliphatic heterocycles. The van der Waals surface area contributed by atoms with Crippen LogP contribution in [0.25, 0.3) is 22.4 Å². The largest absolute Gasteiger partial charge is 0.453 e. The number of benzene rings is 2. The molecule has 0 bridgehead atoms. The van der Waals surface area contributed by atoms with Gasteiger partial charge in [0.1, 0.15) is 11.9 Å². The molecule has 204 valence electrons. The summed E-state index contributed by atoms with van der Waals surface area (Å²) in [5, 5.41) is 2.68. The Morgan fingerprint density at radius 2 is 1.82 bits per heavy atom. The van der Waals surface area contributed by atoms with Crippen LogP contribution in [0.2, 0.25) is 0 Å². The molecule has 3 aromatic rings. The first-order valence-corrected chi connectivity index (χ1v) is 13.4. The van der Waals surface area contributed by atoms with Gasteiger partial charge in [0.2, 0.25) is 5.91 Å². The number of H-pyrrole nitrogens is 1. The number of hydrogen-bond donors (Lipinski definition) is 2. The van der Waals surface area contributed by atoms with E-state index in [2.05, 4.69) is 15.3 Å². The highest BCUT2D eigenvalue weighted by atomic mass is 19.3. The minimum Gasteiger partial charge on any atom is -0.453 e. The van der Waals surface area contributed by atoms with Crippen molar-refractivity contribution in [1.29, 1.82) is 0 Å². The molecule has 3 aliphatic rings. The van der Waals surface area contributed by atoms with Crippen molar-refractivity contribution in [1.82, 2.24) is 20.2 Å². The van der Waals surface area contributed by atoms with Crippen LogP contribution in [0.3, 0.4) is 0 Å². The van der Waals surface area contributed by atoms with Crippen LogP contribution in [-0.4, -0.2) is 46.6 Å². The first kappa shape index (κ1) is 25.5. The molecule has 1 saturated carbocycles. The number of alkyl carbamates (subject to hydrolysis) is 1. The number of aromatic amines is 1. The van der Waals surface area contributed by atoms with Crippen molar-refractivity contribution in [3.63, 3.8) is 0 Å². The lowest BCUT2D eigenvalue weighted by atomic mass is 10.0. The standard InChI is InChI=1S/C30H32F2N4O3/c1-16(2)25(35-28(38)39-4)27(37)36-15-29(9-10-29)13-24(36)26-33-14-23(34-26)18-6-8-20-19-7-5-17(3)11-21(19)30(31,32)22(20)12-18/h5-8,11-12,14,16,24-25H,9-10,13,15H2,1-4H3,(H,33,34)(H,35,38)/t24-,25+/m1/s1. The summed E-state index contributed by atoms with van der Waals surface area (Å²) in [5.74, 6) is -2.77. The van der Waals surface area contributed by atoms with E-state index in [1.807, 2.05) is 37.8 Å². The smallest absolute Gasteiger partial charge is 0.407 e. The summed E-state index contributed by atoms with van der Waals surface area (Å²) in [6.07, 6.45) is 3.85. The molecule has 2 aliphatic carbocycles. The van der Waals surface area contributed by atoms with E-state index in [0.29, 0.717) is 34.8 Å². The zero-order valence-corrected chi connectivity index (χ0v) is 22.5. The summed E-state index contributed by atoms with van der Waals surface area (Å²) in [5.41, 5.74) is 3.22. The quantitative estimate of drug-likeness (QED) is 0.424. The average Bonchev–Trinajstić information content (AvgIpc) is 3.23. The number of carbonyl (C=O) groups is 2. The van der Waals surface area contributed by atoms with Crippen molar-refractivity contribution in [2.75, 3.05) is 13.7 Å². The predicted molar refractivity (Wildman–Crippen MR) is 142 cm³/mol. The van der Waals surface area contributed by atoms with E-state index in [9.17, 15) is 9.59 Å². The average molecular weight is 535 g/mol. The predicted octanol–water partition coefficient (Wildman–Crippen LogP) is 5.94. The number of ether oxygens (including phenoxy) is 1. The van der Waals surface area contributed by atoms with E-state index in [1.165, 1.54) is 13.2 Å². The summed E-state index contributed by atoms with van der Waals surface area (Å²) < 4.78 is 35.6. The Hall–Kier alpha value is -3.75. The van der Waals surface area contributed by atoms with Crippen LogP contribution in [0.5, 0.6) is 0 Å². The third kappa shape index (κ3) is 4.19. The van der Waals surface area contributed by atoms with Gasteiger partial charge in [-0.25, -0.2) is 9.78 Å². The highest BCUT2D eigenvalue weighted by Crippen LogP contribution is 2.58. The lowest BCUT2D eigenvalue weighted by molar-refractivity contribution is -0.135. The molecule has 2 amide bonds. The maximum Gasteiger partial charge on any atom is 0.407 e. The Kier molecular flexibility index (Phi) is 5.82. The minimum atomic E-state index is -3.08. The molecule has 2 aromatic carbocycles. The fraction of sp³-hybridized carbons (Fsp3) is 0.433. The summed E-state index contributed by atoms with van der Waals surface area (Å²) >= 11 is 0. The third-order valence-electron chi connectivity index (χ3n) is 8.52. The molecule has 2 heterocycles. The van der Waals surface area contributed by atoms with Crippen LogP contribution in [0.15, 0.2) is 42.6 Å². The molecule has 0 radical (unpaired) electrons. The van der Waals surface area contributed by atoms with Crippen molar-refractivity contribution >= 4 is 12.0 Å². The highest BCUT2D eigenvalue weighted by molar-refractivity contribution is 5.87. The van der Waals surface area contributed by atoms with E-state index in [0.717, 1.165) is 24.8 Å². The number of alkyl halides is 2. The van der Waals surface area contributed by atoms with Gasteiger partial charge < -0.3 is 19.9 Å². The minimum absolute atomic E-state index is 0.0139. The summed E-state index contributed by atoms with van der Waals surface area (Å²) in [6.45, 7) is 6.17. The zero-order valence-electron chi connectivity index (χ0n) is 22.5. The van der Waals surface area contributed by atoms with Gasteiger partial charge in [-0.15, -0.1) is 0 Å². The molecule has 2 atom stereocenters. The molecule has 1 spiro atoms. The van der Waals surface area contributed by atoms with Crippen LogP contribution in [0.4, 0.5) is 13.6 Å². The SMILES string of the molecule is COC(=O)N[C@H](C(=O)N1CC2(CC2)C[C@@H]1c1ncc(-c2ccc3c(c2)C(F)(F)c2cc(C)ccc2-3)[nH]1)C(C)C. The molecular formula is C30H32F2N4O3. The zero-order chi connectivity index (χ0) is 27.7. The summed E-state index contributed by atoms with van der Waals surface area (Å²) in [7, 11) is 1.27. The molecule has 1 saturated heterocycles. The fourth-order valence-electron chi connectivity index (χ4n) is 6.11. The van der Waals surface area contributed by atoms with Gasteiger partial charge in [0.25, 0.3) is 5.92 Å². The van der Waals surface area contributed by atoms with Gasteiger partial charge in [0.05, 0.1) is 25.0 Å². The van der Waals surface area contributed by atoms with E-state index < -0.39 is 18.1 Å². The number of likely N-dealkylation sites (tertiary alicyclic amines) is 1. The fourth-order valence-corrected chi connectivity index (χ4v) is 6.11.